The van der Waals surface area contributed by atoms with Crippen molar-refractivity contribution in [1.29, 1.82) is 0 Å². The predicted molar refractivity (Wildman–Crippen MR) is 87.9 cm³/mol. The maximum atomic E-state index is 12.2. The van der Waals surface area contributed by atoms with Crippen molar-refractivity contribution in [3.05, 3.63) is 16.0 Å². The van der Waals surface area contributed by atoms with Crippen molar-refractivity contribution in [3.63, 3.8) is 0 Å². The van der Waals surface area contributed by atoms with Gasteiger partial charge in [0.2, 0.25) is 5.91 Å². The molecule has 1 aromatic heterocycles. The molecule has 0 aromatic carbocycles. The molecule has 23 heavy (non-hydrogen) atoms. The van der Waals surface area contributed by atoms with E-state index in [0.717, 1.165) is 47.9 Å². The fraction of sp³-hybridized carbons (Fsp3) is 0.533. The maximum absolute atomic E-state index is 12.2. The molecule has 1 heterocycles. The molecule has 126 valence electrons. The number of carboxylic acids is 1. The zero-order chi connectivity index (χ0) is 16.8. The number of carbonyl (C=O) groups excluding carboxylic acids is 3. The van der Waals surface area contributed by atoms with Gasteiger partial charge in [0, 0.05) is 10.6 Å². The van der Waals surface area contributed by atoms with E-state index in [-0.39, 0.29) is 24.0 Å². The second-order valence-electron chi connectivity index (χ2n) is 5.05. The first-order valence-electron chi connectivity index (χ1n) is 7.42. The summed E-state index contributed by atoms with van der Waals surface area (Å²) in [5, 5.41) is 13.6. The van der Waals surface area contributed by atoms with Gasteiger partial charge in [0.25, 0.3) is 0 Å². The number of esters is 1. The fourth-order valence-corrected chi connectivity index (χ4v) is 4.28. The van der Waals surface area contributed by atoms with Gasteiger partial charge in [-0.05, 0) is 38.2 Å². The molecule has 8 heteroatoms. The van der Waals surface area contributed by atoms with Crippen molar-refractivity contribution in [2.75, 3.05) is 23.4 Å². The van der Waals surface area contributed by atoms with Crippen LogP contribution in [0.3, 0.4) is 0 Å². The highest BCUT2D eigenvalue weighted by Gasteiger charge is 2.27. The van der Waals surface area contributed by atoms with Crippen molar-refractivity contribution in [3.8, 4) is 0 Å². The number of ether oxygens (including phenoxy) is 1. The highest BCUT2D eigenvalue weighted by molar-refractivity contribution is 8.00. The molecule has 0 atom stereocenters. The van der Waals surface area contributed by atoms with E-state index in [2.05, 4.69) is 5.32 Å². The van der Waals surface area contributed by atoms with E-state index in [1.807, 2.05) is 0 Å². The summed E-state index contributed by atoms with van der Waals surface area (Å²) < 4.78 is 5.11. The van der Waals surface area contributed by atoms with Crippen molar-refractivity contribution in [2.24, 2.45) is 0 Å². The molecule has 0 radical (unpaired) electrons. The highest BCUT2D eigenvalue weighted by atomic mass is 32.2. The number of carbonyl (C=O) groups is 3. The molecule has 1 N–H and O–H groups in total. The van der Waals surface area contributed by atoms with Crippen molar-refractivity contribution in [2.45, 2.75) is 32.6 Å². The molecule has 0 fully saturated rings. The molecule has 1 aliphatic rings. The average molecular weight is 356 g/mol. The Hall–Kier alpha value is -1.54. The van der Waals surface area contributed by atoms with Crippen LogP contribution in [0.1, 0.15) is 40.6 Å². The molecule has 0 aliphatic heterocycles. The lowest BCUT2D eigenvalue weighted by atomic mass is 9.95. The molecule has 0 spiro atoms. The van der Waals surface area contributed by atoms with Crippen LogP contribution in [0, 0.1) is 0 Å². The molecule has 6 nitrogen and oxygen atoms in total. The Morgan fingerprint density at radius 1 is 1.26 bits per heavy atom. The fourth-order valence-electron chi connectivity index (χ4n) is 2.46. The summed E-state index contributed by atoms with van der Waals surface area (Å²) in [5.74, 6) is -2.19. The van der Waals surface area contributed by atoms with Gasteiger partial charge in [0.05, 0.1) is 23.9 Å². The normalized spacial score (nSPS) is 13.3. The average Bonchev–Trinajstić information content (AvgIpc) is 2.84. The summed E-state index contributed by atoms with van der Waals surface area (Å²) >= 11 is 2.38. The number of thioether (sulfide) groups is 1. The van der Waals surface area contributed by atoms with Crippen LogP contribution in [-0.4, -0.2) is 36.0 Å². The van der Waals surface area contributed by atoms with Gasteiger partial charge in [-0.25, -0.2) is 4.79 Å². The molecule has 0 saturated heterocycles. The van der Waals surface area contributed by atoms with Gasteiger partial charge in [-0.1, -0.05) is 0 Å². The summed E-state index contributed by atoms with van der Waals surface area (Å²) in [6.45, 7) is 2.02. The summed E-state index contributed by atoms with van der Waals surface area (Å²) in [6, 6.07) is 0. The third-order valence-electron chi connectivity index (χ3n) is 3.36. The highest BCUT2D eigenvalue weighted by Crippen LogP contribution is 2.38. The minimum atomic E-state index is -1.21. The first-order chi connectivity index (χ1) is 11.0. The Kier molecular flexibility index (Phi) is 6.47. The third-order valence-corrected chi connectivity index (χ3v) is 5.47. The van der Waals surface area contributed by atoms with Crippen molar-refractivity contribution >= 4 is 45.9 Å². The largest absolute Gasteiger partial charge is 0.549 e. The van der Waals surface area contributed by atoms with Crippen LogP contribution < -0.4 is 10.4 Å². The Bertz CT molecular complexity index is 611. The zero-order valence-corrected chi connectivity index (χ0v) is 14.4. The summed E-state index contributed by atoms with van der Waals surface area (Å²) in [4.78, 5) is 35.7. The van der Waals surface area contributed by atoms with E-state index in [1.54, 1.807) is 6.92 Å². The van der Waals surface area contributed by atoms with Crippen LogP contribution in [0.4, 0.5) is 5.00 Å². The van der Waals surface area contributed by atoms with Crippen LogP contribution in [0.15, 0.2) is 0 Å². The SMILES string of the molecule is CCOC(=O)c1c(NC(=O)CSCC(=O)[O-])sc2c1CCCC2. The lowest BCUT2D eigenvalue weighted by Crippen LogP contribution is -2.25. The van der Waals surface area contributed by atoms with Crippen LogP contribution in [0.2, 0.25) is 0 Å². The summed E-state index contributed by atoms with van der Waals surface area (Å²) in [6.07, 6.45) is 3.81. The number of hydrogen-bond donors (Lipinski definition) is 1. The quantitative estimate of drug-likeness (QED) is 0.738. The number of anilines is 1. The monoisotopic (exact) mass is 356 g/mol. The van der Waals surface area contributed by atoms with Crippen molar-refractivity contribution < 1.29 is 24.2 Å². The Morgan fingerprint density at radius 2 is 2.00 bits per heavy atom. The molecule has 1 amide bonds. The number of nitrogens with one attached hydrogen (secondary N) is 1. The number of carboxylic acid groups (broad SMARTS) is 1. The van der Waals surface area contributed by atoms with Gasteiger partial charge < -0.3 is 20.0 Å². The predicted octanol–water partition coefficient (Wildman–Crippen LogP) is 1.23. The second-order valence-corrected chi connectivity index (χ2v) is 7.14. The summed E-state index contributed by atoms with van der Waals surface area (Å²) in [5.41, 5.74) is 1.45. The van der Waals surface area contributed by atoms with E-state index >= 15 is 0 Å². The molecule has 2 rings (SSSR count). The number of rotatable bonds is 7. The standard InChI is InChI=1S/C15H19NO5S2/c1-2-21-15(20)13-9-5-3-4-6-10(9)23-14(13)16-11(17)7-22-8-12(18)19/h2-8H2,1H3,(H,16,17)(H,18,19)/p-1. The summed E-state index contributed by atoms with van der Waals surface area (Å²) in [7, 11) is 0. The number of thiophene rings is 1. The number of aryl methyl sites for hydroxylation is 1. The first-order valence-corrected chi connectivity index (χ1v) is 9.39. The minimum absolute atomic E-state index is 0.00118. The van der Waals surface area contributed by atoms with Crippen LogP contribution in [-0.2, 0) is 27.2 Å². The van der Waals surface area contributed by atoms with Gasteiger partial charge in [-0.15, -0.1) is 23.1 Å². The van der Waals surface area contributed by atoms with E-state index in [1.165, 1.54) is 11.3 Å². The van der Waals surface area contributed by atoms with E-state index in [9.17, 15) is 19.5 Å². The van der Waals surface area contributed by atoms with Gasteiger partial charge >= 0.3 is 5.97 Å². The number of amides is 1. The maximum Gasteiger partial charge on any atom is 0.341 e. The lowest BCUT2D eigenvalue weighted by molar-refractivity contribution is -0.301. The van der Waals surface area contributed by atoms with Crippen LogP contribution in [0.5, 0.6) is 0 Å². The van der Waals surface area contributed by atoms with E-state index in [0.29, 0.717) is 10.6 Å². The van der Waals surface area contributed by atoms with Gasteiger partial charge in [-0.2, -0.15) is 0 Å². The number of fused-ring (bicyclic) bond motifs is 1. The molecule has 0 unspecified atom stereocenters. The van der Waals surface area contributed by atoms with Gasteiger partial charge in [0.15, 0.2) is 0 Å². The first kappa shape index (κ1) is 17.8. The number of hydrogen-bond acceptors (Lipinski definition) is 7. The van der Waals surface area contributed by atoms with Gasteiger partial charge in [-0.3, -0.25) is 4.79 Å². The van der Waals surface area contributed by atoms with E-state index in [4.69, 9.17) is 4.74 Å². The van der Waals surface area contributed by atoms with E-state index < -0.39 is 11.9 Å². The molecular weight excluding hydrogens is 338 g/mol. The third kappa shape index (κ3) is 4.71. The minimum Gasteiger partial charge on any atom is -0.549 e. The molecule has 1 aromatic rings. The second kappa shape index (κ2) is 8.35. The van der Waals surface area contributed by atoms with Crippen LogP contribution in [0.25, 0.3) is 0 Å². The lowest BCUT2D eigenvalue weighted by Gasteiger charge is -2.12. The molecule has 0 bridgehead atoms. The van der Waals surface area contributed by atoms with Crippen LogP contribution >= 0.6 is 23.1 Å². The van der Waals surface area contributed by atoms with Crippen molar-refractivity contribution in [1.82, 2.24) is 0 Å². The molecule has 0 saturated carbocycles. The molecule has 1 aliphatic carbocycles. The Morgan fingerprint density at radius 3 is 2.70 bits per heavy atom. The molecular formula is C15H18NO5S2-. The number of aliphatic carboxylic acids is 1. The Balaban J connectivity index is 2.13. The topological polar surface area (TPSA) is 95.5 Å². The van der Waals surface area contributed by atoms with Gasteiger partial charge in [0.1, 0.15) is 5.00 Å². The zero-order valence-electron chi connectivity index (χ0n) is 12.8. The smallest absolute Gasteiger partial charge is 0.341 e. The Labute approximate surface area is 142 Å².